The maximum Gasteiger partial charge on any atom is 0.280 e. The number of anilines is 1. The lowest BCUT2D eigenvalue weighted by atomic mass is 10.3. The van der Waals surface area contributed by atoms with Gasteiger partial charge in [0.15, 0.2) is 10.8 Å². The van der Waals surface area contributed by atoms with Crippen LogP contribution in [0.1, 0.15) is 31.3 Å². The van der Waals surface area contributed by atoms with Crippen molar-refractivity contribution in [3.63, 3.8) is 0 Å². The molecule has 0 aliphatic carbocycles. The van der Waals surface area contributed by atoms with Gasteiger partial charge in [0.2, 0.25) is 0 Å². The lowest BCUT2D eigenvalue weighted by Crippen LogP contribution is -2.39. The number of carbonyl (C=O) groups excluding carboxylic acids is 1. The molecule has 0 fully saturated rings. The Morgan fingerprint density at radius 1 is 1.19 bits per heavy atom. The number of halogens is 1. The van der Waals surface area contributed by atoms with Gasteiger partial charge >= 0.3 is 0 Å². The van der Waals surface area contributed by atoms with Crippen LogP contribution in [0, 0.1) is 5.82 Å². The van der Waals surface area contributed by atoms with Gasteiger partial charge in [0.1, 0.15) is 11.3 Å². The summed E-state index contributed by atoms with van der Waals surface area (Å²) in [4.78, 5) is 21.4. The van der Waals surface area contributed by atoms with E-state index in [-0.39, 0.29) is 11.7 Å². The number of amides is 1. The van der Waals surface area contributed by atoms with E-state index in [0.717, 1.165) is 17.8 Å². The van der Waals surface area contributed by atoms with Crippen molar-refractivity contribution in [1.29, 1.82) is 0 Å². The molecule has 3 rings (SSSR count). The zero-order chi connectivity index (χ0) is 19.4. The second-order valence-corrected chi connectivity index (χ2v) is 7.13. The number of likely N-dealkylation sites (N-methyl/N-ethyl adjacent to an activating group) is 1. The minimum absolute atomic E-state index is 0.214. The van der Waals surface area contributed by atoms with E-state index in [1.165, 1.54) is 17.4 Å². The van der Waals surface area contributed by atoms with E-state index < -0.39 is 0 Å². The van der Waals surface area contributed by atoms with E-state index >= 15 is 0 Å². The number of hydrogen-bond acceptors (Lipinski definition) is 5. The van der Waals surface area contributed by atoms with E-state index in [0.29, 0.717) is 36.0 Å². The van der Waals surface area contributed by atoms with E-state index in [4.69, 9.17) is 0 Å². The summed E-state index contributed by atoms with van der Waals surface area (Å²) in [6.45, 7) is 9.83. The molecule has 0 radical (unpaired) electrons. The van der Waals surface area contributed by atoms with Gasteiger partial charge in [0.25, 0.3) is 5.91 Å². The Morgan fingerprint density at radius 2 is 1.96 bits per heavy atom. The second kappa shape index (κ2) is 8.58. The van der Waals surface area contributed by atoms with Crippen LogP contribution in [0.3, 0.4) is 0 Å². The summed E-state index contributed by atoms with van der Waals surface area (Å²) < 4.78 is 16.5. The average Bonchev–Trinajstić information content (AvgIpc) is 3.32. The minimum Gasteiger partial charge on any atom is -0.302 e. The molecule has 27 heavy (non-hydrogen) atoms. The average molecular weight is 390 g/mol. The number of carbonyl (C=O) groups is 1. The molecule has 1 amide bonds. The molecule has 2 aromatic heterocycles. The highest BCUT2D eigenvalue weighted by molar-refractivity contribution is 7.22. The van der Waals surface area contributed by atoms with Crippen LogP contribution in [0.5, 0.6) is 0 Å². The fraction of sp³-hybridized carbons (Fsp3) is 0.421. The molecule has 0 saturated heterocycles. The van der Waals surface area contributed by atoms with E-state index in [2.05, 4.69) is 28.8 Å². The molecule has 0 unspecified atom stereocenters. The standard InChI is InChI=1S/C19H24FN5OS/c1-4-23(5-2)12-13-25(18(26)15-10-11-24(6-3)22-15)19-21-17-14(20)8-7-9-16(17)27-19/h7-11H,4-6,12-13H2,1-3H3. The molecule has 0 aliphatic heterocycles. The van der Waals surface area contributed by atoms with Gasteiger partial charge in [0.05, 0.1) is 4.70 Å². The molecule has 0 aliphatic rings. The predicted molar refractivity (Wildman–Crippen MR) is 107 cm³/mol. The lowest BCUT2D eigenvalue weighted by Gasteiger charge is -2.24. The predicted octanol–water partition coefficient (Wildman–Crippen LogP) is 3.64. The van der Waals surface area contributed by atoms with Crippen molar-refractivity contribution >= 4 is 32.6 Å². The molecule has 144 valence electrons. The molecule has 0 atom stereocenters. The van der Waals surface area contributed by atoms with Gasteiger partial charge in [-0.15, -0.1) is 0 Å². The Morgan fingerprint density at radius 3 is 2.59 bits per heavy atom. The largest absolute Gasteiger partial charge is 0.302 e. The summed E-state index contributed by atoms with van der Waals surface area (Å²) in [5, 5.41) is 4.83. The van der Waals surface area contributed by atoms with Crippen LogP contribution in [-0.4, -0.2) is 51.8 Å². The minimum atomic E-state index is -0.374. The molecule has 1 aromatic carbocycles. The number of hydrogen-bond donors (Lipinski definition) is 0. The van der Waals surface area contributed by atoms with Crippen molar-refractivity contribution in [2.75, 3.05) is 31.1 Å². The molecule has 6 nitrogen and oxygen atoms in total. The number of para-hydroxylation sites is 1. The van der Waals surface area contributed by atoms with Gasteiger partial charge in [-0.2, -0.15) is 5.10 Å². The summed E-state index contributed by atoms with van der Waals surface area (Å²) >= 11 is 1.32. The number of aromatic nitrogens is 3. The highest BCUT2D eigenvalue weighted by Gasteiger charge is 2.24. The van der Waals surface area contributed by atoms with Gasteiger partial charge in [-0.1, -0.05) is 31.3 Å². The summed E-state index contributed by atoms with van der Waals surface area (Å²) in [6.07, 6.45) is 1.79. The maximum absolute atomic E-state index is 14.1. The van der Waals surface area contributed by atoms with Crippen LogP contribution in [0.15, 0.2) is 30.5 Å². The Balaban J connectivity index is 1.94. The first kappa shape index (κ1) is 19.4. The lowest BCUT2D eigenvalue weighted by molar-refractivity contribution is 0.0978. The van der Waals surface area contributed by atoms with Gasteiger partial charge in [0, 0.05) is 25.8 Å². The van der Waals surface area contributed by atoms with Crippen molar-refractivity contribution in [1.82, 2.24) is 19.7 Å². The van der Waals surface area contributed by atoms with Crippen molar-refractivity contribution in [3.8, 4) is 0 Å². The third kappa shape index (κ3) is 4.17. The number of thiazole rings is 1. The molecular weight excluding hydrogens is 365 g/mol. The van der Waals surface area contributed by atoms with Crippen LogP contribution in [-0.2, 0) is 6.54 Å². The van der Waals surface area contributed by atoms with Crippen molar-refractivity contribution in [2.24, 2.45) is 0 Å². The van der Waals surface area contributed by atoms with Crippen LogP contribution in [0.25, 0.3) is 10.2 Å². The molecular formula is C19H24FN5OS. The quantitative estimate of drug-likeness (QED) is 0.590. The first-order chi connectivity index (χ1) is 13.1. The van der Waals surface area contributed by atoms with Gasteiger partial charge in [-0.3, -0.25) is 14.4 Å². The molecule has 0 saturated carbocycles. The van der Waals surface area contributed by atoms with Crippen molar-refractivity contribution < 1.29 is 9.18 Å². The van der Waals surface area contributed by atoms with Gasteiger partial charge in [-0.05, 0) is 38.2 Å². The normalized spacial score (nSPS) is 11.4. The molecule has 0 N–H and O–H groups in total. The number of benzene rings is 1. The van der Waals surface area contributed by atoms with E-state index in [9.17, 15) is 9.18 Å². The highest BCUT2D eigenvalue weighted by Crippen LogP contribution is 2.30. The van der Waals surface area contributed by atoms with Crippen molar-refractivity contribution in [3.05, 3.63) is 42.0 Å². The molecule has 8 heteroatoms. The number of aryl methyl sites for hydroxylation is 1. The zero-order valence-electron chi connectivity index (χ0n) is 15.9. The van der Waals surface area contributed by atoms with Crippen LogP contribution in [0.2, 0.25) is 0 Å². The smallest absolute Gasteiger partial charge is 0.280 e. The highest BCUT2D eigenvalue weighted by atomic mass is 32.1. The molecule has 2 heterocycles. The summed E-state index contributed by atoms with van der Waals surface area (Å²) in [6, 6.07) is 6.57. The Hall–Kier alpha value is -2.32. The number of rotatable bonds is 8. The van der Waals surface area contributed by atoms with Crippen molar-refractivity contribution in [2.45, 2.75) is 27.3 Å². The molecule has 0 bridgehead atoms. The summed E-state index contributed by atoms with van der Waals surface area (Å²) in [7, 11) is 0. The molecule has 3 aromatic rings. The maximum atomic E-state index is 14.1. The molecule has 0 spiro atoms. The van der Waals surface area contributed by atoms with Gasteiger partial charge < -0.3 is 4.90 Å². The topological polar surface area (TPSA) is 54.3 Å². The SMILES string of the molecule is CCN(CC)CCN(C(=O)c1ccn(CC)n1)c1nc2c(F)cccc2s1. The zero-order valence-corrected chi connectivity index (χ0v) is 16.7. The third-order valence-corrected chi connectivity index (χ3v) is 5.60. The van der Waals surface area contributed by atoms with E-state index in [1.807, 2.05) is 13.0 Å². The van der Waals surface area contributed by atoms with Crippen LogP contribution in [0.4, 0.5) is 9.52 Å². The number of fused-ring (bicyclic) bond motifs is 1. The first-order valence-corrected chi connectivity index (χ1v) is 10.0. The fourth-order valence-corrected chi connectivity index (χ4v) is 3.88. The second-order valence-electron chi connectivity index (χ2n) is 6.12. The summed E-state index contributed by atoms with van der Waals surface area (Å²) in [5.74, 6) is -0.588. The van der Waals surface area contributed by atoms with Crippen LogP contribution >= 0.6 is 11.3 Å². The Bertz CT molecular complexity index is 918. The van der Waals surface area contributed by atoms with Crippen LogP contribution < -0.4 is 4.90 Å². The number of nitrogens with zero attached hydrogens (tertiary/aromatic N) is 5. The van der Waals surface area contributed by atoms with Gasteiger partial charge in [-0.25, -0.2) is 9.37 Å². The fourth-order valence-electron chi connectivity index (χ4n) is 2.87. The Kier molecular flexibility index (Phi) is 6.18. The van der Waals surface area contributed by atoms with E-state index in [1.54, 1.807) is 27.9 Å². The summed E-state index contributed by atoms with van der Waals surface area (Å²) in [5.41, 5.74) is 0.674. The first-order valence-electron chi connectivity index (χ1n) is 9.20. The Labute approximate surface area is 162 Å². The monoisotopic (exact) mass is 389 g/mol. The third-order valence-electron chi connectivity index (χ3n) is 4.55.